The molecule has 100 valence electrons. The fourth-order valence-electron chi connectivity index (χ4n) is 2.09. The molecular formula is C15H22O3. The van der Waals surface area contributed by atoms with Gasteiger partial charge in [-0.1, -0.05) is 13.0 Å². The maximum atomic E-state index is 10.5. The first-order valence-corrected chi connectivity index (χ1v) is 6.32. The molecule has 0 heterocycles. The van der Waals surface area contributed by atoms with E-state index in [9.17, 15) is 4.79 Å². The van der Waals surface area contributed by atoms with Gasteiger partial charge in [0, 0.05) is 6.42 Å². The molecule has 1 N–H and O–H groups in total. The molecule has 1 unspecified atom stereocenters. The van der Waals surface area contributed by atoms with Crippen molar-refractivity contribution in [2.75, 3.05) is 7.11 Å². The number of carboxylic acid groups (broad SMARTS) is 1. The van der Waals surface area contributed by atoms with Crippen LogP contribution in [0.2, 0.25) is 0 Å². The van der Waals surface area contributed by atoms with Crippen molar-refractivity contribution >= 4 is 5.97 Å². The zero-order chi connectivity index (χ0) is 13.7. The molecule has 0 saturated heterocycles. The van der Waals surface area contributed by atoms with E-state index in [1.54, 1.807) is 7.11 Å². The van der Waals surface area contributed by atoms with Crippen LogP contribution in [0.4, 0.5) is 0 Å². The Hall–Kier alpha value is -1.51. The largest absolute Gasteiger partial charge is 0.496 e. The third kappa shape index (κ3) is 3.76. The molecule has 0 aromatic heterocycles. The predicted molar refractivity (Wildman–Crippen MR) is 72.4 cm³/mol. The van der Waals surface area contributed by atoms with Gasteiger partial charge in [-0.2, -0.15) is 0 Å². The summed E-state index contributed by atoms with van der Waals surface area (Å²) >= 11 is 0. The zero-order valence-electron chi connectivity index (χ0n) is 11.6. The average molecular weight is 250 g/mol. The summed E-state index contributed by atoms with van der Waals surface area (Å²) in [4.78, 5) is 10.5. The van der Waals surface area contributed by atoms with Crippen LogP contribution in [0.25, 0.3) is 0 Å². The molecule has 3 nitrogen and oxygen atoms in total. The number of carboxylic acids is 1. The standard InChI is InChI=1S/C15H22O3/c1-10(6-5-7-15(16)17)13-8-11(2)12(3)9-14(13)18-4/h8-10H,5-7H2,1-4H3,(H,16,17). The van der Waals surface area contributed by atoms with E-state index in [2.05, 4.69) is 32.9 Å². The van der Waals surface area contributed by atoms with Gasteiger partial charge in [-0.3, -0.25) is 4.79 Å². The van der Waals surface area contributed by atoms with Gasteiger partial charge in [-0.15, -0.1) is 0 Å². The Morgan fingerprint density at radius 3 is 2.50 bits per heavy atom. The van der Waals surface area contributed by atoms with Crippen molar-refractivity contribution in [3.8, 4) is 5.75 Å². The van der Waals surface area contributed by atoms with Crippen LogP contribution in [0.3, 0.4) is 0 Å². The summed E-state index contributed by atoms with van der Waals surface area (Å²) in [7, 11) is 1.68. The van der Waals surface area contributed by atoms with Gasteiger partial charge in [0.2, 0.25) is 0 Å². The molecular weight excluding hydrogens is 228 g/mol. The number of methoxy groups -OCH3 is 1. The SMILES string of the molecule is COc1cc(C)c(C)cc1C(C)CCCC(=O)O. The summed E-state index contributed by atoms with van der Waals surface area (Å²) in [5.41, 5.74) is 3.63. The Kier molecular flexibility index (Phi) is 5.20. The predicted octanol–water partition coefficient (Wildman–Crippen LogP) is 3.67. The molecule has 3 heteroatoms. The third-order valence-electron chi connectivity index (χ3n) is 3.40. The fraction of sp³-hybridized carbons (Fsp3) is 0.533. The summed E-state index contributed by atoms with van der Waals surface area (Å²) in [6.07, 6.45) is 1.80. The number of carbonyl (C=O) groups is 1. The first-order valence-electron chi connectivity index (χ1n) is 6.32. The molecule has 1 aromatic carbocycles. The van der Waals surface area contributed by atoms with E-state index in [0.29, 0.717) is 12.3 Å². The number of aryl methyl sites for hydroxylation is 2. The van der Waals surface area contributed by atoms with Gasteiger partial charge in [-0.05, 0) is 55.4 Å². The van der Waals surface area contributed by atoms with Gasteiger partial charge < -0.3 is 9.84 Å². The highest BCUT2D eigenvalue weighted by atomic mass is 16.5. The molecule has 18 heavy (non-hydrogen) atoms. The fourth-order valence-corrected chi connectivity index (χ4v) is 2.09. The number of hydrogen-bond acceptors (Lipinski definition) is 2. The summed E-state index contributed by atoms with van der Waals surface area (Å²) in [5.74, 6) is 0.494. The molecule has 1 atom stereocenters. The van der Waals surface area contributed by atoms with E-state index in [1.807, 2.05) is 0 Å². The van der Waals surface area contributed by atoms with Crippen LogP contribution >= 0.6 is 0 Å². The first kappa shape index (κ1) is 14.6. The smallest absolute Gasteiger partial charge is 0.303 e. The minimum absolute atomic E-state index is 0.234. The second-order valence-electron chi connectivity index (χ2n) is 4.87. The van der Waals surface area contributed by atoms with E-state index in [1.165, 1.54) is 16.7 Å². The van der Waals surface area contributed by atoms with Crippen LogP contribution in [0, 0.1) is 13.8 Å². The van der Waals surface area contributed by atoms with E-state index in [4.69, 9.17) is 9.84 Å². The molecule has 0 bridgehead atoms. The molecule has 1 rings (SSSR count). The molecule has 0 spiro atoms. The third-order valence-corrected chi connectivity index (χ3v) is 3.40. The number of ether oxygens (including phenoxy) is 1. The molecule has 0 amide bonds. The van der Waals surface area contributed by atoms with Crippen molar-refractivity contribution in [2.45, 2.75) is 46.0 Å². The Bertz CT molecular complexity index is 424. The summed E-state index contributed by atoms with van der Waals surface area (Å²) in [5, 5.41) is 8.65. The number of aliphatic carboxylic acids is 1. The van der Waals surface area contributed by atoms with E-state index in [-0.39, 0.29) is 6.42 Å². The van der Waals surface area contributed by atoms with Crippen LogP contribution in [-0.4, -0.2) is 18.2 Å². The minimum Gasteiger partial charge on any atom is -0.496 e. The molecule has 0 aliphatic rings. The molecule has 0 aliphatic carbocycles. The van der Waals surface area contributed by atoms with Crippen molar-refractivity contribution in [2.24, 2.45) is 0 Å². The number of benzene rings is 1. The number of hydrogen-bond donors (Lipinski definition) is 1. The molecule has 1 aromatic rings. The van der Waals surface area contributed by atoms with Crippen LogP contribution in [0.5, 0.6) is 5.75 Å². The lowest BCUT2D eigenvalue weighted by Gasteiger charge is -2.17. The normalized spacial score (nSPS) is 12.2. The lowest BCUT2D eigenvalue weighted by molar-refractivity contribution is -0.137. The summed E-state index contributed by atoms with van der Waals surface area (Å²) in [6, 6.07) is 4.21. The highest BCUT2D eigenvalue weighted by molar-refractivity contribution is 5.66. The van der Waals surface area contributed by atoms with Crippen LogP contribution in [0.1, 0.15) is 48.8 Å². The van der Waals surface area contributed by atoms with Crippen LogP contribution in [0.15, 0.2) is 12.1 Å². The Labute approximate surface area is 109 Å². The van der Waals surface area contributed by atoms with E-state index >= 15 is 0 Å². The second-order valence-corrected chi connectivity index (χ2v) is 4.87. The maximum Gasteiger partial charge on any atom is 0.303 e. The number of rotatable bonds is 6. The van der Waals surface area contributed by atoms with Crippen molar-refractivity contribution in [3.05, 3.63) is 28.8 Å². The Balaban J connectivity index is 2.80. The van der Waals surface area contributed by atoms with Crippen LogP contribution in [-0.2, 0) is 4.79 Å². The molecule has 0 aliphatic heterocycles. The van der Waals surface area contributed by atoms with Gasteiger partial charge in [0.05, 0.1) is 7.11 Å². The molecule has 0 fully saturated rings. The van der Waals surface area contributed by atoms with Gasteiger partial charge in [0.15, 0.2) is 0 Å². The Morgan fingerprint density at radius 1 is 1.33 bits per heavy atom. The van der Waals surface area contributed by atoms with Crippen molar-refractivity contribution < 1.29 is 14.6 Å². The van der Waals surface area contributed by atoms with Crippen molar-refractivity contribution in [1.29, 1.82) is 0 Å². The van der Waals surface area contributed by atoms with Gasteiger partial charge in [0.25, 0.3) is 0 Å². The zero-order valence-corrected chi connectivity index (χ0v) is 11.6. The highest BCUT2D eigenvalue weighted by Gasteiger charge is 2.13. The van der Waals surface area contributed by atoms with Crippen molar-refractivity contribution in [1.82, 2.24) is 0 Å². The maximum absolute atomic E-state index is 10.5. The molecule has 0 saturated carbocycles. The second kappa shape index (κ2) is 6.43. The summed E-state index contributed by atoms with van der Waals surface area (Å²) < 4.78 is 5.41. The molecule has 0 radical (unpaired) electrons. The Morgan fingerprint density at radius 2 is 1.94 bits per heavy atom. The average Bonchev–Trinajstić information content (AvgIpc) is 2.31. The first-order chi connectivity index (χ1) is 8.45. The van der Waals surface area contributed by atoms with Gasteiger partial charge in [-0.25, -0.2) is 0 Å². The topological polar surface area (TPSA) is 46.5 Å². The lowest BCUT2D eigenvalue weighted by Crippen LogP contribution is -2.02. The van der Waals surface area contributed by atoms with Crippen molar-refractivity contribution in [3.63, 3.8) is 0 Å². The summed E-state index contributed by atoms with van der Waals surface area (Å²) in [6.45, 7) is 6.27. The quantitative estimate of drug-likeness (QED) is 0.838. The van der Waals surface area contributed by atoms with E-state index < -0.39 is 5.97 Å². The lowest BCUT2D eigenvalue weighted by atomic mass is 9.92. The highest BCUT2D eigenvalue weighted by Crippen LogP contribution is 2.32. The van der Waals surface area contributed by atoms with Gasteiger partial charge in [0.1, 0.15) is 5.75 Å². The monoisotopic (exact) mass is 250 g/mol. The minimum atomic E-state index is -0.728. The van der Waals surface area contributed by atoms with Crippen LogP contribution < -0.4 is 4.74 Å². The van der Waals surface area contributed by atoms with E-state index in [0.717, 1.165) is 12.2 Å². The van der Waals surface area contributed by atoms with Gasteiger partial charge >= 0.3 is 5.97 Å².